The summed E-state index contributed by atoms with van der Waals surface area (Å²) in [6, 6.07) is 7.37. The first-order chi connectivity index (χ1) is 17.7. The van der Waals surface area contributed by atoms with E-state index in [4.69, 9.17) is 23.2 Å². The van der Waals surface area contributed by atoms with Crippen molar-refractivity contribution >= 4 is 50.7 Å². The molecule has 0 heterocycles. The highest BCUT2D eigenvalue weighted by Crippen LogP contribution is 2.32. The fourth-order valence-electron chi connectivity index (χ4n) is 3.71. The van der Waals surface area contributed by atoms with Gasteiger partial charge in [-0.2, -0.15) is 13.2 Å². The maximum absolute atomic E-state index is 13.6. The van der Waals surface area contributed by atoms with Gasteiger partial charge in [-0.3, -0.25) is 13.9 Å². The summed E-state index contributed by atoms with van der Waals surface area (Å²) >= 11 is 12.1. The molecule has 0 aliphatic carbocycles. The first kappa shape index (κ1) is 31.7. The molecule has 1 N–H and O–H groups in total. The van der Waals surface area contributed by atoms with Gasteiger partial charge < -0.3 is 10.2 Å². The van der Waals surface area contributed by atoms with Gasteiger partial charge in [-0.05, 0) is 48.7 Å². The third kappa shape index (κ3) is 8.78. The van der Waals surface area contributed by atoms with E-state index in [1.54, 1.807) is 13.0 Å². The topological polar surface area (TPSA) is 86.8 Å². The van der Waals surface area contributed by atoms with Gasteiger partial charge in [0.25, 0.3) is 0 Å². The number of rotatable bonds is 12. The van der Waals surface area contributed by atoms with Crippen LogP contribution in [0.25, 0.3) is 0 Å². The molecule has 0 aromatic heterocycles. The van der Waals surface area contributed by atoms with Crippen molar-refractivity contribution in [2.75, 3.05) is 23.7 Å². The van der Waals surface area contributed by atoms with Crippen LogP contribution in [0.15, 0.2) is 42.5 Å². The highest BCUT2D eigenvalue weighted by Gasteiger charge is 2.34. The van der Waals surface area contributed by atoms with E-state index < -0.39 is 46.2 Å². The average molecular weight is 596 g/mol. The minimum absolute atomic E-state index is 0.115. The Morgan fingerprint density at radius 2 is 1.74 bits per heavy atom. The number of hydrogen-bond acceptors (Lipinski definition) is 4. The van der Waals surface area contributed by atoms with Crippen molar-refractivity contribution in [3.05, 3.63) is 63.6 Å². The maximum Gasteiger partial charge on any atom is 0.416 e. The molecule has 0 radical (unpaired) electrons. The molecule has 0 saturated carbocycles. The third-order valence-corrected chi connectivity index (χ3v) is 7.57. The fraction of sp³-hybridized carbons (Fsp3) is 0.440. The van der Waals surface area contributed by atoms with E-state index in [-0.39, 0.29) is 28.7 Å². The summed E-state index contributed by atoms with van der Waals surface area (Å²) < 4.78 is 65.6. The Kier molecular flexibility index (Phi) is 11.3. The number of amides is 2. The van der Waals surface area contributed by atoms with Gasteiger partial charge in [0.2, 0.25) is 21.8 Å². The summed E-state index contributed by atoms with van der Waals surface area (Å²) in [4.78, 5) is 27.8. The van der Waals surface area contributed by atoms with E-state index in [9.17, 15) is 31.2 Å². The lowest BCUT2D eigenvalue weighted by Gasteiger charge is -2.33. The smallest absolute Gasteiger partial charge is 0.354 e. The summed E-state index contributed by atoms with van der Waals surface area (Å²) in [5, 5.41) is 3.28. The zero-order chi connectivity index (χ0) is 28.7. The standard InChI is InChI=1S/C25H30Cl2F3N3O4S/c1-4-6-12-31-24(35)22(5-2)32(15-17-10-11-20(26)21(27)13-17)23(34)16-33(38(3,36)37)19-9-7-8-18(14-19)25(28,29)30/h7-11,13-14,22H,4-6,12,15-16H2,1-3H3,(H,31,35)/t22-/m0/s1. The van der Waals surface area contributed by atoms with E-state index in [1.807, 2.05) is 6.92 Å². The van der Waals surface area contributed by atoms with Gasteiger partial charge in [-0.1, -0.05) is 55.6 Å². The lowest BCUT2D eigenvalue weighted by molar-refractivity contribution is -0.140. The zero-order valence-electron chi connectivity index (χ0n) is 21.2. The van der Waals surface area contributed by atoms with Gasteiger partial charge >= 0.3 is 6.18 Å². The Morgan fingerprint density at radius 3 is 2.29 bits per heavy atom. The van der Waals surface area contributed by atoms with Crippen molar-refractivity contribution < 1.29 is 31.2 Å². The molecule has 0 fully saturated rings. The Morgan fingerprint density at radius 1 is 1.05 bits per heavy atom. The summed E-state index contributed by atoms with van der Waals surface area (Å²) in [7, 11) is -4.18. The minimum atomic E-state index is -4.72. The number of sulfonamides is 1. The van der Waals surface area contributed by atoms with Crippen LogP contribution in [-0.4, -0.2) is 50.5 Å². The molecule has 0 aliphatic heterocycles. The summed E-state index contributed by atoms with van der Waals surface area (Å²) in [5.41, 5.74) is -0.867. The zero-order valence-corrected chi connectivity index (χ0v) is 23.5. The van der Waals surface area contributed by atoms with Crippen molar-refractivity contribution in [3.63, 3.8) is 0 Å². The molecule has 2 amide bonds. The molecule has 0 aliphatic rings. The quantitative estimate of drug-likeness (QED) is 0.328. The van der Waals surface area contributed by atoms with Crippen LogP contribution in [0.1, 0.15) is 44.2 Å². The molecule has 0 spiro atoms. The largest absolute Gasteiger partial charge is 0.416 e. The monoisotopic (exact) mass is 595 g/mol. The lowest BCUT2D eigenvalue weighted by atomic mass is 10.1. The maximum atomic E-state index is 13.6. The average Bonchev–Trinajstić information content (AvgIpc) is 2.83. The van der Waals surface area contributed by atoms with Crippen molar-refractivity contribution in [1.29, 1.82) is 0 Å². The second kappa shape index (κ2) is 13.5. The van der Waals surface area contributed by atoms with Crippen LogP contribution < -0.4 is 9.62 Å². The molecule has 0 saturated heterocycles. The van der Waals surface area contributed by atoms with Crippen LogP contribution in [0.3, 0.4) is 0 Å². The Balaban J connectivity index is 2.48. The highest BCUT2D eigenvalue weighted by molar-refractivity contribution is 7.92. The number of carbonyl (C=O) groups is 2. The predicted molar refractivity (Wildman–Crippen MR) is 143 cm³/mol. The number of nitrogens with zero attached hydrogens (tertiary/aromatic N) is 2. The molecule has 2 aromatic rings. The number of unbranched alkanes of at least 4 members (excludes halogenated alkanes) is 1. The summed E-state index contributed by atoms with van der Waals surface area (Å²) in [5.74, 6) is -1.21. The first-order valence-electron chi connectivity index (χ1n) is 11.8. The van der Waals surface area contributed by atoms with Gasteiger partial charge in [-0.25, -0.2) is 8.42 Å². The number of alkyl halides is 3. The molecule has 2 rings (SSSR count). The molecule has 0 bridgehead atoms. The van der Waals surface area contributed by atoms with Crippen LogP contribution >= 0.6 is 23.2 Å². The number of anilines is 1. The second-order valence-electron chi connectivity index (χ2n) is 8.66. The first-order valence-corrected chi connectivity index (χ1v) is 14.5. The van der Waals surface area contributed by atoms with Crippen molar-refractivity contribution in [2.24, 2.45) is 0 Å². The number of carbonyl (C=O) groups excluding carboxylic acids is 2. The van der Waals surface area contributed by atoms with E-state index in [0.717, 1.165) is 31.2 Å². The van der Waals surface area contributed by atoms with Crippen LogP contribution in [-0.2, 0) is 32.3 Å². The van der Waals surface area contributed by atoms with Crippen LogP contribution in [0.4, 0.5) is 18.9 Å². The SMILES string of the molecule is CCCCNC(=O)[C@H](CC)N(Cc1ccc(Cl)c(Cl)c1)C(=O)CN(c1cccc(C(F)(F)F)c1)S(C)(=O)=O. The molecule has 210 valence electrons. The summed E-state index contributed by atoms with van der Waals surface area (Å²) in [6.45, 7) is 3.10. The Hall–Kier alpha value is -2.50. The molecule has 7 nitrogen and oxygen atoms in total. The highest BCUT2D eigenvalue weighted by atomic mass is 35.5. The number of halogens is 5. The van der Waals surface area contributed by atoms with Crippen molar-refractivity contribution in [3.8, 4) is 0 Å². The van der Waals surface area contributed by atoms with Crippen LogP contribution in [0.5, 0.6) is 0 Å². The molecule has 1 atom stereocenters. The van der Waals surface area contributed by atoms with Gasteiger partial charge in [0.15, 0.2) is 0 Å². The number of benzene rings is 2. The van der Waals surface area contributed by atoms with Gasteiger partial charge in [-0.15, -0.1) is 0 Å². The minimum Gasteiger partial charge on any atom is -0.354 e. The van der Waals surface area contributed by atoms with Crippen molar-refractivity contribution in [2.45, 2.75) is 51.9 Å². The third-order valence-electron chi connectivity index (χ3n) is 5.69. The van der Waals surface area contributed by atoms with Gasteiger partial charge in [0, 0.05) is 13.1 Å². The molecule has 13 heteroatoms. The Labute approximate surface area is 230 Å². The molecule has 2 aromatic carbocycles. The van der Waals surface area contributed by atoms with Gasteiger partial charge in [0.1, 0.15) is 12.6 Å². The van der Waals surface area contributed by atoms with E-state index in [0.29, 0.717) is 22.5 Å². The molecule has 0 unspecified atom stereocenters. The normalized spacial score (nSPS) is 12.6. The molecular formula is C25H30Cl2F3N3O4S. The van der Waals surface area contributed by atoms with E-state index >= 15 is 0 Å². The second-order valence-corrected chi connectivity index (χ2v) is 11.4. The summed E-state index contributed by atoms with van der Waals surface area (Å²) in [6.07, 6.45) is -2.16. The lowest BCUT2D eigenvalue weighted by Crippen LogP contribution is -2.52. The predicted octanol–water partition coefficient (Wildman–Crippen LogP) is 5.50. The number of hydrogen-bond donors (Lipinski definition) is 1. The van der Waals surface area contributed by atoms with Crippen LogP contribution in [0.2, 0.25) is 10.0 Å². The van der Waals surface area contributed by atoms with E-state index in [2.05, 4.69) is 5.32 Å². The Bertz CT molecular complexity index is 1240. The van der Waals surface area contributed by atoms with E-state index in [1.165, 1.54) is 23.1 Å². The molecule has 38 heavy (non-hydrogen) atoms. The molecular weight excluding hydrogens is 566 g/mol. The van der Waals surface area contributed by atoms with Crippen LogP contribution in [0, 0.1) is 0 Å². The number of nitrogens with one attached hydrogen (secondary N) is 1. The van der Waals surface area contributed by atoms with Gasteiger partial charge in [0.05, 0.1) is 27.6 Å². The van der Waals surface area contributed by atoms with Crippen molar-refractivity contribution in [1.82, 2.24) is 10.2 Å². The fourth-order valence-corrected chi connectivity index (χ4v) is 4.87.